The molecule has 0 aliphatic carbocycles. The molecule has 0 bridgehead atoms. The first-order valence-electron chi connectivity index (χ1n) is 5.30. The molecule has 0 amide bonds. The van der Waals surface area contributed by atoms with Crippen LogP contribution < -0.4 is 11.1 Å². The third-order valence-electron chi connectivity index (χ3n) is 2.46. The smallest absolute Gasteiger partial charge is 0.0556 e. The Bertz CT molecular complexity index is 111. The molecule has 0 spiro atoms. The van der Waals surface area contributed by atoms with Gasteiger partial charge in [0.05, 0.1) is 6.61 Å². The molecule has 3 nitrogen and oxygen atoms in total. The van der Waals surface area contributed by atoms with Crippen molar-refractivity contribution in [1.82, 2.24) is 5.32 Å². The Labute approximate surface area is 81.7 Å². The molecule has 0 aromatic rings. The zero-order valence-electron chi connectivity index (χ0n) is 8.97. The molecule has 0 saturated heterocycles. The first-order valence-corrected chi connectivity index (χ1v) is 5.30. The number of nitrogens with one attached hydrogen (secondary N) is 1. The minimum absolute atomic E-state index is 0.0617. The number of nitrogens with two attached hydrogens (primary N) is 1. The van der Waals surface area contributed by atoms with E-state index in [1.807, 2.05) is 0 Å². The molecule has 0 aliphatic heterocycles. The molecule has 0 fully saturated rings. The minimum atomic E-state index is 0.0617. The normalized spacial score (nSPS) is 12.0. The first kappa shape index (κ1) is 12.9. The van der Waals surface area contributed by atoms with Crippen LogP contribution in [0, 0.1) is 0 Å². The van der Waals surface area contributed by atoms with Gasteiger partial charge in [-0.25, -0.2) is 0 Å². The highest BCUT2D eigenvalue weighted by Gasteiger charge is 2.25. The Morgan fingerprint density at radius 3 is 2.08 bits per heavy atom. The molecular weight excluding hydrogens is 164 g/mol. The molecule has 0 heterocycles. The molecule has 0 aromatic heterocycles. The van der Waals surface area contributed by atoms with Crippen molar-refractivity contribution >= 4 is 0 Å². The standard InChI is InChI=1S/C10H24N2O/c1-3-5-10(9-11,6-4-2)12-7-8-13/h12-13H,3-9,11H2,1-2H3. The summed E-state index contributed by atoms with van der Waals surface area (Å²) >= 11 is 0. The molecule has 0 aromatic carbocycles. The van der Waals surface area contributed by atoms with Crippen LogP contribution in [0.5, 0.6) is 0 Å². The molecule has 0 unspecified atom stereocenters. The molecule has 0 rings (SSSR count). The Hall–Kier alpha value is -0.120. The van der Waals surface area contributed by atoms with Crippen LogP contribution in [0.2, 0.25) is 0 Å². The first-order chi connectivity index (χ1) is 6.24. The van der Waals surface area contributed by atoms with Gasteiger partial charge in [-0.1, -0.05) is 26.7 Å². The second kappa shape index (κ2) is 7.30. The summed E-state index contributed by atoms with van der Waals surface area (Å²) in [6.45, 7) is 5.84. The van der Waals surface area contributed by atoms with Crippen LogP contribution in [0.4, 0.5) is 0 Å². The summed E-state index contributed by atoms with van der Waals surface area (Å²) in [5.74, 6) is 0. The predicted octanol–water partition coefficient (Wildman–Crippen LogP) is 0.866. The molecule has 0 aliphatic rings. The van der Waals surface area contributed by atoms with E-state index in [4.69, 9.17) is 10.8 Å². The highest BCUT2D eigenvalue weighted by atomic mass is 16.3. The van der Waals surface area contributed by atoms with Crippen molar-refractivity contribution in [3.05, 3.63) is 0 Å². The summed E-state index contributed by atoms with van der Waals surface area (Å²) < 4.78 is 0. The van der Waals surface area contributed by atoms with E-state index < -0.39 is 0 Å². The van der Waals surface area contributed by atoms with Gasteiger partial charge in [0.1, 0.15) is 0 Å². The average molecular weight is 188 g/mol. The van der Waals surface area contributed by atoms with Gasteiger partial charge in [-0.3, -0.25) is 0 Å². The van der Waals surface area contributed by atoms with Crippen LogP contribution in [0.25, 0.3) is 0 Å². The van der Waals surface area contributed by atoms with Crippen LogP contribution in [-0.4, -0.2) is 30.3 Å². The van der Waals surface area contributed by atoms with Crippen molar-refractivity contribution < 1.29 is 5.11 Å². The van der Waals surface area contributed by atoms with Crippen LogP contribution in [0.3, 0.4) is 0 Å². The Morgan fingerprint density at radius 1 is 1.23 bits per heavy atom. The molecule has 3 heteroatoms. The van der Waals surface area contributed by atoms with Crippen molar-refractivity contribution in [2.45, 2.75) is 45.1 Å². The highest BCUT2D eigenvalue weighted by Crippen LogP contribution is 2.17. The number of aliphatic hydroxyl groups excluding tert-OH is 1. The van der Waals surface area contributed by atoms with Gasteiger partial charge in [0.25, 0.3) is 0 Å². The van der Waals surface area contributed by atoms with Crippen molar-refractivity contribution in [1.29, 1.82) is 0 Å². The SMILES string of the molecule is CCCC(CN)(CCC)NCCO. The maximum Gasteiger partial charge on any atom is 0.0556 e. The van der Waals surface area contributed by atoms with Crippen LogP contribution >= 0.6 is 0 Å². The third kappa shape index (κ3) is 4.60. The lowest BCUT2D eigenvalue weighted by atomic mass is 9.88. The summed E-state index contributed by atoms with van der Waals surface area (Å²) in [5, 5.41) is 12.1. The molecule has 0 saturated carbocycles. The number of rotatable bonds is 8. The maximum atomic E-state index is 8.76. The van der Waals surface area contributed by atoms with E-state index in [1.54, 1.807) is 0 Å². The lowest BCUT2D eigenvalue weighted by Crippen LogP contribution is -2.52. The van der Waals surface area contributed by atoms with Gasteiger partial charge in [0.2, 0.25) is 0 Å². The van der Waals surface area contributed by atoms with E-state index in [9.17, 15) is 0 Å². The van der Waals surface area contributed by atoms with Crippen molar-refractivity contribution in [3.8, 4) is 0 Å². The number of aliphatic hydroxyl groups is 1. The fourth-order valence-corrected chi connectivity index (χ4v) is 1.86. The van der Waals surface area contributed by atoms with Gasteiger partial charge in [-0.05, 0) is 12.8 Å². The summed E-state index contributed by atoms with van der Waals surface area (Å²) in [6, 6.07) is 0. The quantitative estimate of drug-likeness (QED) is 0.529. The Morgan fingerprint density at radius 2 is 1.77 bits per heavy atom. The highest BCUT2D eigenvalue weighted by molar-refractivity contribution is 4.88. The third-order valence-corrected chi connectivity index (χ3v) is 2.46. The zero-order valence-corrected chi connectivity index (χ0v) is 8.97. The van der Waals surface area contributed by atoms with E-state index in [0.29, 0.717) is 13.1 Å². The average Bonchev–Trinajstić information content (AvgIpc) is 2.15. The van der Waals surface area contributed by atoms with E-state index in [1.165, 1.54) is 0 Å². The topological polar surface area (TPSA) is 58.3 Å². The minimum Gasteiger partial charge on any atom is -0.395 e. The van der Waals surface area contributed by atoms with Gasteiger partial charge in [-0.15, -0.1) is 0 Å². The van der Waals surface area contributed by atoms with Crippen molar-refractivity contribution in [2.24, 2.45) is 5.73 Å². The van der Waals surface area contributed by atoms with Crippen molar-refractivity contribution in [2.75, 3.05) is 19.7 Å². The number of hydrogen-bond donors (Lipinski definition) is 3. The lowest BCUT2D eigenvalue weighted by molar-refractivity contribution is 0.233. The molecule has 13 heavy (non-hydrogen) atoms. The van der Waals surface area contributed by atoms with Crippen LogP contribution in [-0.2, 0) is 0 Å². The van der Waals surface area contributed by atoms with Gasteiger partial charge >= 0.3 is 0 Å². The van der Waals surface area contributed by atoms with Gasteiger partial charge in [-0.2, -0.15) is 0 Å². The second-order valence-corrected chi connectivity index (χ2v) is 3.63. The number of β-amino-alcohol motifs (C(OH)–C–C–N with tert-alkyl or cyclic N) is 1. The summed E-state index contributed by atoms with van der Waals surface area (Å²) in [7, 11) is 0. The summed E-state index contributed by atoms with van der Waals surface area (Å²) in [4.78, 5) is 0. The van der Waals surface area contributed by atoms with E-state index in [2.05, 4.69) is 19.2 Å². The van der Waals surface area contributed by atoms with Gasteiger partial charge in [0, 0.05) is 18.6 Å². The predicted molar refractivity (Wildman–Crippen MR) is 56.7 cm³/mol. The van der Waals surface area contributed by atoms with E-state index >= 15 is 0 Å². The fraction of sp³-hybridized carbons (Fsp3) is 1.00. The zero-order chi connectivity index (χ0) is 10.2. The summed E-state index contributed by atoms with van der Waals surface area (Å²) in [6.07, 6.45) is 4.46. The van der Waals surface area contributed by atoms with E-state index in [0.717, 1.165) is 25.7 Å². The van der Waals surface area contributed by atoms with Crippen LogP contribution in [0.15, 0.2) is 0 Å². The molecule has 0 atom stereocenters. The van der Waals surface area contributed by atoms with Gasteiger partial charge in [0.15, 0.2) is 0 Å². The fourth-order valence-electron chi connectivity index (χ4n) is 1.86. The molecule has 4 N–H and O–H groups in total. The molecule has 80 valence electrons. The summed E-state index contributed by atoms with van der Waals surface area (Å²) in [5.41, 5.74) is 5.84. The monoisotopic (exact) mass is 188 g/mol. The Kier molecular flexibility index (Phi) is 7.23. The van der Waals surface area contributed by atoms with Crippen LogP contribution in [0.1, 0.15) is 39.5 Å². The molecular formula is C10H24N2O. The largest absolute Gasteiger partial charge is 0.395 e. The lowest BCUT2D eigenvalue weighted by Gasteiger charge is -2.33. The number of hydrogen-bond acceptors (Lipinski definition) is 3. The maximum absolute atomic E-state index is 8.76. The molecule has 0 radical (unpaired) electrons. The van der Waals surface area contributed by atoms with E-state index in [-0.39, 0.29) is 12.1 Å². The second-order valence-electron chi connectivity index (χ2n) is 3.63. The Balaban J connectivity index is 4.07. The van der Waals surface area contributed by atoms with Gasteiger partial charge < -0.3 is 16.2 Å². The van der Waals surface area contributed by atoms with Crippen molar-refractivity contribution in [3.63, 3.8) is 0 Å².